The highest BCUT2D eigenvalue weighted by molar-refractivity contribution is 5.68. The minimum absolute atomic E-state index is 0.248. The van der Waals surface area contributed by atoms with Crippen LogP contribution in [0.2, 0.25) is 0 Å². The summed E-state index contributed by atoms with van der Waals surface area (Å²) in [5.74, 6) is 1.51. The Bertz CT molecular complexity index is 555. The fourth-order valence-electron chi connectivity index (χ4n) is 2.91. The third-order valence-electron chi connectivity index (χ3n) is 4.45. The first-order chi connectivity index (χ1) is 11.7. The molecule has 1 amide bonds. The molecule has 1 aromatic rings. The largest absolute Gasteiger partial charge is 0.450 e. The van der Waals surface area contributed by atoms with Gasteiger partial charge < -0.3 is 24.3 Å². The van der Waals surface area contributed by atoms with Crippen LogP contribution in [-0.4, -0.2) is 97.1 Å². The first-order valence-corrected chi connectivity index (χ1v) is 8.47. The molecule has 0 aromatic carbocycles. The Morgan fingerprint density at radius 2 is 1.75 bits per heavy atom. The molecule has 0 saturated carbocycles. The van der Waals surface area contributed by atoms with Crippen molar-refractivity contribution in [2.75, 3.05) is 75.8 Å². The zero-order chi connectivity index (χ0) is 16.9. The Morgan fingerprint density at radius 3 is 2.42 bits per heavy atom. The molecule has 0 spiro atoms. The Hall–Kier alpha value is -2.16. The van der Waals surface area contributed by atoms with Gasteiger partial charge in [-0.1, -0.05) is 0 Å². The highest BCUT2D eigenvalue weighted by Gasteiger charge is 2.24. The molecule has 0 atom stereocenters. The van der Waals surface area contributed by atoms with Gasteiger partial charge in [0.05, 0.1) is 12.8 Å². The topological polar surface area (TPSA) is 77.9 Å². The lowest BCUT2D eigenvalue weighted by Crippen LogP contribution is -2.49. The molecule has 3 rings (SSSR count). The van der Waals surface area contributed by atoms with Gasteiger partial charge in [0.15, 0.2) is 5.82 Å². The lowest BCUT2D eigenvalue weighted by molar-refractivity contribution is 0.105. The van der Waals surface area contributed by atoms with Crippen molar-refractivity contribution in [3.63, 3.8) is 0 Å². The Kier molecular flexibility index (Phi) is 5.29. The predicted octanol–water partition coefficient (Wildman–Crippen LogP) is -0.0981. The summed E-state index contributed by atoms with van der Waals surface area (Å²) < 4.78 is 5.04. The van der Waals surface area contributed by atoms with E-state index in [-0.39, 0.29) is 6.09 Å². The van der Waals surface area contributed by atoms with Crippen LogP contribution in [0.4, 0.5) is 16.6 Å². The molecular formula is C15H25N7O2. The molecule has 0 radical (unpaired) electrons. The van der Waals surface area contributed by atoms with Gasteiger partial charge in [-0.3, -0.25) is 0 Å². The summed E-state index contributed by atoms with van der Waals surface area (Å²) in [4.78, 5) is 24.8. The van der Waals surface area contributed by atoms with Gasteiger partial charge >= 0.3 is 6.09 Å². The smallest absolute Gasteiger partial charge is 0.409 e. The minimum Gasteiger partial charge on any atom is -0.450 e. The number of hydrogen-bond acceptors (Lipinski definition) is 8. The molecule has 24 heavy (non-hydrogen) atoms. The van der Waals surface area contributed by atoms with Crippen molar-refractivity contribution < 1.29 is 9.53 Å². The monoisotopic (exact) mass is 335 g/mol. The predicted molar refractivity (Wildman–Crippen MR) is 90.3 cm³/mol. The molecule has 0 aliphatic carbocycles. The lowest BCUT2D eigenvalue weighted by atomic mass is 10.3. The molecule has 2 aliphatic heterocycles. The fourth-order valence-corrected chi connectivity index (χ4v) is 2.91. The summed E-state index contributed by atoms with van der Waals surface area (Å²) in [7, 11) is 2.13. The van der Waals surface area contributed by atoms with Crippen molar-refractivity contribution in [3.8, 4) is 0 Å². The van der Waals surface area contributed by atoms with E-state index < -0.39 is 0 Å². The number of aromatic nitrogens is 3. The second-order valence-electron chi connectivity index (χ2n) is 6.08. The van der Waals surface area contributed by atoms with E-state index >= 15 is 0 Å². The van der Waals surface area contributed by atoms with Crippen LogP contribution in [0, 0.1) is 0 Å². The fraction of sp³-hybridized carbons (Fsp3) is 0.733. The number of anilines is 2. The summed E-state index contributed by atoms with van der Waals surface area (Å²) in [6, 6.07) is 0. The molecule has 3 heterocycles. The maximum Gasteiger partial charge on any atom is 0.409 e. The van der Waals surface area contributed by atoms with E-state index in [2.05, 4.69) is 36.9 Å². The molecular weight excluding hydrogens is 310 g/mol. The average Bonchev–Trinajstić information content (AvgIpc) is 2.63. The second kappa shape index (κ2) is 7.61. The van der Waals surface area contributed by atoms with Gasteiger partial charge in [-0.2, -0.15) is 10.1 Å². The Balaban J connectivity index is 1.60. The van der Waals surface area contributed by atoms with E-state index in [4.69, 9.17) is 4.74 Å². The standard InChI is InChI=1S/C15H25N7O2/c1-3-24-15(23)22-10-8-21(9-11-22)14-17-13(12-16-18-14)20-6-4-19(2)5-7-20/h12H,3-11H2,1-2H3. The number of amides is 1. The Morgan fingerprint density at radius 1 is 1.08 bits per heavy atom. The number of ether oxygens (including phenoxy) is 1. The number of carbonyl (C=O) groups excluding carboxylic acids is 1. The molecule has 2 saturated heterocycles. The van der Waals surface area contributed by atoms with Gasteiger partial charge in [-0.25, -0.2) is 4.79 Å². The van der Waals surface area contributed by atoms with Crippen molar-refractivity contribution in [3.05, 3.63) is 6.20 Å². The number of nitrogens with zero attached hydrogens (tertiary/aromatic N) is 7. The zero-order valence-electron chi connectivity index (χ0n) is 14.4. The summed E-state index contributed by atoms with van der Waals surface area (Å²) in [5, 5.41) is 8.30. The van der Waals surface area contributed by atoms with Crippen LogP contribution in [0.5, 0.6) is 0 Å². The molecule has 2 aliphatic rings. The van der Waals surface area contributed by atoms with Crippen LogP contribution in [0.15, 0.2) is 6.20 Å². The summed E-state index contributed by atoms with van der Waals surface area (Å²) in [6.07, 6.45) is 1.48. The maximum atomic E-state index is 11.8. The average molecular weight is 335 g/mol. The third kappa shape index (κ3) is 3.84. The number of piperazine rings is 2. The first kappa shape index (κ1) is 16.7. The first-order valence-electron chi connectivity index (χ1n) is 8.47. The van der Waals surface area contributed by atoms with Gasteiger partial charge in [0.1, 0.15) is 0 Å². The molecule has 9 heteroatoms. The molecule has 2 fully saturated rings. The number of carbonyl (C=O) groups is 1. The highest BCUT2D eigenvalue weighted by atomic mass is 16.6. The Labute approximate surface area is 142 Å². The summed E-state index contributed by atoms with van der Waals surface area (Å²) in [6.45, 7) is 8.77. The van der Waals surface area contributed by atoms with Gasteiger partial charge in [0, 0.05) is 52.4 Å². The van der Waals surface area contributed by atoms with E-state index in [9.17, 15) is 4.79 Å². The van der Waals surface area contributed by atoms with E-state index in [0.29, 0.717) is 38.7 Å². The molecule has 0 N–H and O–H groups in total. The number of rotatable bonds is 3. The summed E-state index contributed by atoms with van der Waals surface area (Å²) in [5.41, 5.74) is 0. The van der Waals surface area contributed by atoms with Crippen molar-refractivity contribution in [2.24, 2.45) is 0 Å². The van der Waals surface area contributed by atoms with Crippen LogP contribution in [0.3, 0.4) is 0 Å². The lowest BCUT2D eigenvalue weighted by Gasteiger charge is -2.35. The molecule has 132 valence electrons. The molecule has 0 unspecified atom stereocenters. The van der Waals surface area contributed by atoms with Gasteiger partial charge in [0.2, 0.25) is 5.95 Å². The zero-order valence-corrected chi connectivity index (χ0v) is 14.4. The van der Waals surface area contributed by atoms with Gasteiger partial charge in [-0.15, -0.1) is 5.10 Å². The SMILES string of the molecule is CCOC(=O)N1CCN(c2nncc(N3CCN(C)CC3)n2)CC1. The normalized spacial score (nSPS) is 19.5. The van der Waals surface area contributed by atoms with Crippen LogP contribution in [0.1, 0.15) is 6.92 Å². The van der Waals surface area contributed by atoms with Gasteiger partial charge in [0.25, 0.3) is 0 Å². The number of hydrogen-bond donors (Lipinski definition) is 0. The second-order valence-corrected chi connectivity index (χ2v) is 6.08. The van der Waals surface area contributed by atoms with E-state index in [1.165, 1.54) is 0 Å². The van der Waals surface area contributed by atoms with Gasteiger partial charge in [-0.05, 0) is 14.0 Å². The van der Waals surface area contributed by atoms with Crippen molar-refractivity contribution in [2.45, 2.75) is 6.92 Å². The highest BCUT2D eigenvalue weighted by Crippen LogP contribution is 2.16. The minimum atomic E-state index is -0.248. The quantitative estimate of drug-likeness (QED) is 0.758. The molecule has 1 aromatic heterocycles. The van der Waals surface area contributed by atoms with Crippen molar-refractivity contribution in [1.29, 1.82) is 0 Å². The van der Waals surface area contributed by atoms with E-state index in [0.717, 1.165) is 32.0 Å². The number of likely N-dealkylation sites (N-methyl/N-ethyl adjacent to an activating group) is 1. The maximum absolute atomic E-state index is 11.8. The van der Waals surface area contributed by atoms with Crippen LogP contribution in [0.25, 0.3) is 0 Å². The van der Waals surface area contributed by atoms with Crippen molar-refractivity contribution >= 4 is 17.9 Å². The van der Waals surface area contributed by atoms with E-state index in [1.807, 2.05) is 6.92 Å². The molecule has 9 nitrogen and oxygen atoms in total. The van der Waals surface area contributed by atoms with Crippen molar-refractivity contribution in [1.82, 2.24) is 25.0 Å². The van der Waals surface area contributed by atoms with Crippen LogP contribution < -0.4 is 9.80 Å². The third-order valence-corrected chi connectivity index (χ3v) is 4.45. The molecule has 0 bridgehead atoms. The summed E-state index contributed by atoms with van der Waals surface area (Å²) >= 11 is 0. The van der Waals surface area contributed by atoms with E-state index in [1.54, 1.807) is 11.1 Å². The van der Waals surface area contributed by atoms with Crippen LogP contribution in [-0.2, 0) is 4.74 Å². The van der Waals surface area contributed by atoms with Crippen LogP contribution >= 0.6 is 0 Å².